The summed E-state index contributed by atoms with van der Waals surface area (Å²) in [5.41, 5.74) is -0.736. The molecular weight excluding hydrogens is 272 g/mol. The summed E-state index contributed by atoms with van der Waals surface area (Å²) in [6.07, 6.45) is 0. The van der Waals surface area contributed by atoms with Gasteiger partial charge in [0.05, 0.1) is 19.8 Å². The van der Waals surface area contributed by atoms with Crippen LogP contribution in [0.5, 0.6) is 0 Å². The molecule has 0 saturated heterocycles. The van der Waals surface area contributed by atoms with Crippen LogP contribution < -0.4 is 5.32 Å². The van der Waals surface area contributed by atoms with E-state index in [1.807, 2.05) is 20.8 Å². The monoisotopic (exact) mass is 304 g/mol. The lowest BCUT2D eigenvalue weighted by Gasteiger charge is -2.37. The van der Waals surface area contributed by atoms with E-state index in [-0.39, 0.29) is 12.0 Å². The first-order valence-corrected chi connectivity index (χ1v) is 7.59. The minimum absolute atomic E-state index is 0.192. The molecule has 0 heterocycles. The van der Waals surface area contributed by atoms with Gasteiger partial charge in [-0.15, -0.1) is 0 Å². The Balaban J connectivity index is 4.96. The van der Waals surface area contributed by atoms with Crippen LogP contribution in [-0.4, -0.2) is 76.1 Å². The average Bonchev–Trinajstić information content (AvgIpc) is 2.44. The number of methoxy groups -OCH3 is 2. The summed E-state index contributed by atoms with van der Waals surface area (Å²) < 4.78 is 15.6. The van der Waals surface area contributed by atoms with Crippen LogP contribution in [0.15, 0.2) is 0 Å². The van der Waals surface area contributed by atoms with Gasteiger partial charge in [0.1, 0.15) is 5.54 Å². The number of hydrogen-bond donors (Lipinski definition) is 1. The fourth-order valence-electron chi connectivity index (χ4n) is 2.29. The highest BCUT2D eigenvalue weighted by molar-refractivity contribution is 5.80. The second kappa shape index (κ2) is 11.0. The number of hydrogen-bond acceptors (Lipinski definition) is 6. The maximum atomic E-state index is 12.3. The molecule has 2 unspecified atom stereocenters. The molecule has 0 aliphatic heterocycles. The van der Waals surface area contributed by atoms with E-state index in [0.717, 1.165) is 6.54 Å². The topological polar surface area (TPSA) is 60.0 Å². The molecule has 0 bridgehead atoms. The van der Waals surface area contributed by atoms with Gasteiger partial charge in [-0.05, 0) is 27.3 Å². The number of nitrogens with zero attached hydrogens (tertiary/aromatic N) is 1. The molecule has 0 rings (SSSR count). The van der Waals surface area contributed by atoms with Crippen LogP contribution in [0.25, 0.3) is 0 Å². The largest absolute Gasteiger partial charge is 0.465 e. The van der Waals surface area contributed by atoms with Crippen molar-refractivity contribution >= 4 is 5.97 Å². The molecule has 2 atom stereocenters. The number of rotatable bonds is 12. The van der Waals surface area contributed by atoms with Gasteiger partial charge in [-0.2, -0.15) is 0 Å². The van der Waals surface area contributed by atoms with Crippen LogP contribution in [0.3, 0.4) is 0 Å². The van der Waals surface area contributed by atoms with Crippen molar-refractivity contribution in [1.82, 2.24) is 10.2 Å². The second-order valence-corrected chi connectivity index (χ2v) is 5.35. The highest BCUT2D eigenvalue weighted by Crippen LogP contribution is 2.13. The third-order valence-electron chi connectivity index (χ3n) is 3.43. The van der Waals surface area contributed by atoms with Crippen molar-refractivity contribution in [2.75, 3.05) is 53.7 Å². The zero-order valence-electron chi connectivity index (χ0n) is 14.4. The Morgan fingerprint density at radius 3 is 2.43 bits per heavy atom. The number of nitrogens with one attached hydrogen (secondary N) is 1. The fourth-order valence-corrected chi connectivity index (χ4v) is 2.29. The number of carbonyl (C=O) groups is 1. The molecule has 0 amide bonds. The van der Waals surface area contributed by atoms with Crippen molar-refractivity contribution < 1.29 is 19.0 Å². The van der Waals surface area contributed by atoms with E-state index in [0.29, 0.717) is 32.9 Å². The number of ether oxygens (including phenoxy) is 3. The first-order chi connectivity index (χ1) is 9.95. The zero-order valence-corrected chi connectivity index (χ0v) is 14.4. The van der Waals surface area contributed by atoms with Gasteiger partial charge < -0.3 is 19.5 Å². The summed E-state index contributed by atoms with van der Waals surface area (Å²) >= 11 is 0. The molecule has 6 nitrogen and oxygen atoms in total. The Bertz CT molecular complexity index is 289. The maximum absolute atomic E-state index is 12.3. The van der Waals surface area contributed by atoms with Gasteiger partial charge in [-0.1, -0.05) is 6.92 Å². The van der Waals surface area contributed by atoms with Crippen LogP contribution in [0.2, 0.25) is 0 Å². The molecule has 0 aromatic heterocycles. The van der Waals surface area contributed by atoms with Crippen LogP contribution in [0, 0.1) is 0 Å². The SMILES string of the molecule is CCNC(C)(CN(CCOC)C(C)COC)C(=O)OCC. The zero-order chi connectivity index (χ0) is 16.3. The number of esters is 1. The van der Waals surface area contributed by atoms with E-state index in [1.165, 1.54) is 0 Å². The van der Waals surface area contributed by atoms with Gasteiger partial charge in [0, 0.05) is 33.4 Å². The van der Waals surface area contributed by atoms with Gasteiger partial charge in [-0.25, -0.2) is 0 Å². The molecule has 0 aliphatic carbocycles. The molecule has 21 heavy (non-hydrogen) atoms. The minimum atomic E-state index is -0.736. The Hall–Kier alpha value is -0.690. The van der Waals surface area contributed by atoms with Crippen molar-refractivity contribution in [2.24, 2.45) is 0 Å². The molecule has 0 aliphatic rings. The fraction of sp³-hybridized carbons (Fsp3) is 0.933. The summed E-state index contributed by atoms with van der Waals surface area (Å²) in [6, 6.07) is 0.192. The van der Waals surface area contributed by atoms with Gasteiger partial charge >= 0.3 is 5.97 Å². The molecule has 0 radical (unpaired) electrons. The lowest BCUT2D eigenvalue weighted by molar-refractivity contribution is -0.151. The molecule has 0 saturated carbocycles. The van der Waals surface area contributed by atoms with Crippen LogP contribution >= 0.6 is 0 Å². The summed E-state index contributed by atoms with van der Waals surface area (Å²) in [4.78, 5) is 14.5. The second-order valence-electron chi connectivity index (χ2n) is 5.35. The molecular formula is C15H32N2O4. The van der Waals surface area contributed by atoms with E-state index >= 15 is 0 Å². The highest BCUT2D eigenvalue weighted by Gasteiger charge is 2.36. The lowest BCUT2D eigenvalue weighted by atomic mass is 10.0. The Labute approximate surface area is 129 Å². The van der Waals surface area contributed by atoms with E-state index in [4.69, 9.17) is 14.2 Å². The van der Waals surface area contributed by atoms with Crippen molar-refractivity contribution in [1.29, 1.82) is 0 Å². The van der Waals surface area contributed by atoms with Crippen molar-refractivity contribution in [3.05, 3.63) is 0 Å². The summed E-state index contributed by atoms with van der Waals surface area (Å²) in [5, 5.41) is 3.25. The van der Waals surface area contributed by atoms with E-state index in [2.05, 4.69) is 17.1 Å². The summed E-state index contributed by atoms with van der Waals surface area (Å²) in [7, 11) is 3.36. The smallest absolute Gasteiger partial charge is 0.327 e. The Morgan fingerprint density at radius 2 is 1.95 bits per heavy atom. The number of carbonyl (C=O) groups excluding carboxylic acids is 1. The van der Waals surface area contributed by atoms with Gasteiger partial charge in [0.15, 0.2) is 0 Å². The van der Waals surface area contributed by atoms with Crippen molar-refractivity contribution in [3.8, 4) is 0 Å². The predicted octanol–water partition coefficient (Wildman–Crippen LogP) is 0.901. The standard InChI is InChI=1S/C15H32N2O4/c1-7-16-15(4,14(18)21-8-2)12-17(9-10-19-5)13(3)11-20-6/h13,16H,7-12H2,1-6H3. The molecule has 126 valence electrons. The molecule has 0 aromatic rings. The summed E-state index contributed by atoms with van der Waals surface area (Å²) in [5.74, 6) is -0.223. The van der Waals surface area contributed by atoms with E-state index < -0.39 is 5.54 Å². The predicted molar refractivity (Wildman–Crippen MR) is 83.5 cm³/mol. The highest BCUT2D eigenvalue weighted by atomic mass is 16.5. The minimum Gasteiger partial charge on any atom is -0.465 e. The third kappa shape index (κ3) is 7.22. The van der Waals surface area contributed by atoms with E-state index in [9.17, 15) is 4.79 Å². The normalized spacial score (nSPS) is 15.8. The van der Waals surface area contributed by atoms with Crippen LogP contribution in [0.1, 0.15) is 27.7 Å². The quantitative estimate of drug-likeness (QED) is 0.541. The molecule has 0 spiro atoms. The molecule has 6 heteroatoms. The van der Waals surface area contributed by atoms with Crippen LogP contribution in [0.4, 0.5) is 0 Å². The summed E-state index contributed by atoms with van der Waals surface area (Å²) in [6.45, 7) is 11.3. The first kappa shape index (κ1) is 20.3. The van der Waals surface area contributed by atoms with Gasteiger partial charge in [0.2, 0.25) is 0 Å². The molecule has 1 N–H and O–H groups in total. The molecule has 0 fully saturated rings. The Kier molecular flexibility index (Phi) is 10.6. The Morgan fingerprint density at radius 1 is 1.29 bits per heavy atom. The maximum Gasteiger partial charge on any atom is 0.327 e. The first-order valence-electron chi connectivity index (χ1n) is 7.59. The number of likely N-dealkylation sites (N-methyl/N-ethyl adjacent to an activating group) is 1. The average molecular weight is 304 g/mol. The van der Waals surface area contributed by atoms with E-state index in [1.54, 1.807) is 14.2 Å². The van der Waals surface area contributed by atoms with Gasteiger partial charge in [-0.3, -0.25) is 9.69 Å². The lowest BCUT2D eigenvalue weighted by Crippen LogP contribution is -2.59. The van der Waals surface area contributed by atoms with Crippen molar-refractivity contribution in [3.63, 3.8) is 0 Å². The van der Waals surface area contributed by atoms with Crippen molar-refractivity contribution in [2.45, 2.75) is 39.3 Å². The molecule has 0 aromatic carbocycles. The van der Waals surface area contributed by atoms with Crippen LogP contribution in [-0.2, 0) is 19.0 Å². The van der Waals surface area contributed by atoms with Gasteiger partial charge in [0.25, 0.3) is 0 Å². The third-order valence-corrected chi connectivity index (χ3v) is 3.43.